The number of methoxy groups -OCH3 is 1. The summed E-state index contributed by atoms with van der Waals surface area (Å²) in [6, 6.07) is 17.1. The maximum absolute atomic E-state index is 12.8. The lowest BCUT2D eigenvalue weighted by atomic mass is 10.1. The van der Waals surface area contributed by atoms with E-state index in [2.05, 4.69) is 10.1 Å². The van der Waals surface area contributed by atoms with E-state index < -0.39 is 0 Å². The molecule has 0 bridgehead atoms. The van der Waals surface area contributed by atoms with Gasteiger partial charge in [0.25, 0.3) is 0 Å². The quantitative estimate of drug-likeness (QED) is 0.638. The number of aromatic nitrogens is 2. The molecule has 2 aromatic carbocycles. The van der Waals surface area contributed by atoms with Crippen LogP contribution in [-0.4, -0.2) is 34.1 Å². The standard InChI is InChI=1S/C21H23N3O3/c1-15(2)24(20(25)13-16-9-11-18(26-3)12-10-16)14-19-22-21(23-27-19)17-7-5-4-6-8-17/h4-12,15H,13-14H2,1-3H3. The molecule has 3 rings (SSSR count). The Kier molecular flexibility index (Phi) is 5.86. The van der Waals surface area contributed by atoms with Crippen molar-refractivity contribution in [2.24, 2.45) is 0 Å². The Morgan fingerprint density at radius 2 is 1.81 bits per heavy atom. The van der Waals surface area contributed by atoms with Gasteiger partial charge in [-0.15, -0.1) is 0 Å². The van der Waals surface area contributed by atoms with Gasteiger partial charge in [-0.2, -0.15) is 4.98 Å². The highest BCUT2D eigenvalue weighted by Crippen LogP contribution is 2.17. The first-order chi connectivity index (χ1) is 13.1. The van der Waals surface area contributed by atoms with Crippen LogP contribution in [-0.2, 0) is 17.8 Å². The fraction of sp³-hybridized carbons (Fsp3) is 0.286. The van der Waals surface area contributed by atoms with Crippen molar-refractivity contribution in [2.75, 3.05) is 7.11 Å². The molecule has 0 aliphatic rings. The molecule has 0 saturated heterocycles. The lowest BCUT2D eigenvalue weighted by Crippen LogP contribution is -2.37. The Hall–Kier alpha value is -3.15. The van der Waals surface area contributed by atoms with Crippen molar-refractivity contribution in [1.82, 2.24) is 15.0 Å². The second kappa shape index (κ2) is 8.49. The number of nitrogens with zero attached hydrogens (tertiary/aromatic N) is 3. The van der Waals surface area contributed by atoms with E-state index in [0.29, 0.717) is 18.1 Å². The number of ether oxygens (including phenoxy) is 1. The van der Waals surface area contributed by atoms with Crippen LogP contribution in [0.15, 0.2) is 59.1 Å². The van der Waals surface area contributed by atoms with E-state index >= 15 is 0 Å². The van der Waals surface area contributed by atoms with Crippen LogP contribution in [0.3, 0.4) is 0 Å². The fourth-order valence-electron chi connectivity index (χ4n) is 2.75. The summed E-state index contributed by atoms with van der Waals surface area (Å²) >= 11 is 0. The van der Waals surface area contributed by atoms with Gasteiger partial charge in [0.1, 0.15) is 12.3 Å². The van der Waals surface area contributed by atoms with E-state index in [4.69, 9.17) is 9.26 Å². The molecule has 1 aromatic heterocycles. The molecule has 0 fully saturated rings. The maximum Gasteiger partial charge on any atom is 0.246 e. The van der Waals surface area contributed by atoms with Gasteiger partial charge in [0, 0.05) is 11.6 Å². The van der Waals surface area contributed by atoms with Gasteiger partial charge >= 0.3 is 0 Å². The molecular weight excluding hydrogens is 342 g/mol. The molecule has 0 N–H and O–H groups in total. The van der Waals surface area contributed by atoms with E-state index in [1.54, 1.807) is 12.0 Å². The Labute approximate surface area is 158 Å². The zero-order valence-electron chi connectivity index (χ0n) is 15.8. The van der Waals surface area contributed by atoms with E-state index in [0.717, 1.165) is 16.9 Å². The molecule has 0 atom stereocenters. The number of amides is 1. The molecule has 27 heavy (non-hydrogen) atoms. The van der Waals surface area contributed by atoms with E-state index in [9.17, 15) is 4.79 Å². The minimum absolute atomic E-state index is 0.00891. The molecule has 0 aliphatic heterocycles. The third-order valence-electron chi connectivity index (χ3n) is 4.26. The number of benzene rings is 2. The van der Waals surface area contributed by atoms with Crippen LogP contribution in [0, 0.1) is 0 Å². The molecule has 0 unspecified atom stereocenters. The predicted octanol–water partition coefficient (Wildman–Crippen LogP) is 3.72. The number of hydrogen-bond acceptors (Lipinski definition) is 5. The topological polar surface area (TPSA) is 68.5 Å². The van der Waals surface area contributed by atoms with Crippen LogP contribution in [0.4, 0.5) is 0 Å². The second-order valence-electron chi connectivity index (χ2n) is 6.52. The summed E-state index contributed by atoms with van der Waals surface area (Å²) in [6.45, 7) is 4.23. The monoisotopic (exact) mass is 365 g/mol. The summed E-state index contributed by atoms with van der Waals surface area (Å²) in [5.74, 6) is 1.73. The number of rotatable bonds is 7. The number of carbonyl (C=O) groups excluding carboxylic acids is 1. The normalized spacial score (nSPS) is 10.8. The Morgan fingerprint density at radius 3 is 2.44 bits per heavy atom. The summed E-state index contributed by atoms with van der Waals surface area (Å²) in [4.78, 5) is 19.0. The average molecular weight is 365 g/mol. The first-order valence-corrected chi connectivity index (χ1v) is 8.87. The van der Waals surface area contributed by atoms with Gasteiger partial charge in [0.15, 0.2) is 0 Å². The molecular formula is C21H23N3O3. The van der Waals surface area contributed by atoms with Gasteiger partial charge in [0.05, 0.1) is 13.5 Å². The van der Waals surface area contributed by atoms with E-state index in [-0.39, 0.29) is 18.5 Å². The Balaban J connectivity index is 1.70. The van der Waals surface area contributed by atoms with Gasteiger partial charge < -0.3 is 14.2 Å². The van der Waals surface area contributed by atoms with Crippen LogP contribution < -0.4 is 4.74 Å². The van der Waals surface area contributed by atoms with Crippen molar-refractivity contribution in [3.05, 3.63) is 66.1 Å². The Bertz CT molecular complexity index is 873. The minimum atomic E-state index is 0.00891. The number of carbonyl (C=O) groups is 1. The van der Waals surface area contributed by atoms with Crippen LogP contribution >= 0.6 is 0 Å². The molecule has 1 heterocycles. The van der Waals surface area contributed by atoms with Crippen molar-refractivity contribution in [1.29, 1.82) is 0 Å². The van der Waals surface area contributed by atoms with Crippen LogP contribution in [0.1, 0.15) is 25.3 Å². The first-order valence-electron chi connectivity index (χ1n) is 8.87. The molecule has 0 saturated carbocycles. The van der Waals surface area contributed by atoms with Crippen molar-refractivity contribution in [3.8, 4) is 17.1 Å². The summed E-state index contributed by atoms with van der Waals surface area (Å²) in [5.41, 5.74) is 1.81. The molecule has 0 radical (unpaired) electrons. The highest BCUT2D eigenvalue weighted by atomic mass is 16.5. The lowest BCUT2D eigenvalue weighted by Gasteiger charge is -2.25. The molecule has 6 heteroatoms. The smallest absolute Gasteiger partial charge is 0.246 e. The first kappa shape index (κ1) is 18.6. The van der Waals surface area contributed by atoms with E-state index in [1.165, 1.54) is 0 Å². The van der Waals surface area contributed by atoms with Gasteiger partial charge in [-0.05, 0) is 31.5 Å². The van der Waals surface area contributed by atoms with E-state index in [1.807, 2.05) is 68.4 Å². The zero-order valence-corrected chi connectivity index (χ0v) is 15.8. The van der Waals surface area contributed by atoms with Crippen molar-refractivity contribution >= 4 is 5.91 Å². The van der Waals surface area contributed by atoms with Crippen molar-refractivity contribution in [2.45, 2.75) is 32.9 Å². The Morgan fingerprint density at radius 1 is 1.11 bits per heavy atom. The molecule has 140 valence electrons. The average Bonchev–Trinajstić information content (AvgIpc) is 3.16. The number of hydrogen-bond donors (Lipinski definition) is 0. The molecule has 0 aliphatic carbocycles. The zero-order chi connectivity index (χ0) is 19.2. The summed E-state index contributed by atoms with van der Waals surface area (Å²) in [6.07, 6.45) is 0.307. The second-order valence-corrected chi connectivity index (χ2v) is 6.52. The van der Waals surface area contributed by atoms with Crippen molar-refractivity contribution < 1.29 is 14.1 Å². The van der Waals surface area contributed by atoms with Gasteiger partial charge in [-0.25, -0.2) is 0 Å². The summed E-state index contributed by atoms with van der Waals surface area (Å²) < 4.78 is 10.5. The highest BCUT2D eigenvalue weighted by molar-refractivity contribution is 5.79. The lowest BCUT2D eigenvalue weighted by molar-refractivity contribution is -0.133. The maximum atomic E-state index is 12.8. The van der Waals surface area contributed by atoms with Crippen LogP contribution in [0.2, 0.25) is 0 Å². The fourth-order valence-corrected chi connectivity index (χ4v) is 2.75. The largest absolute Gasteiger partial charge is 0.497 e. The molecule has 3 aromatic rings. The third kappa shape index (κ3) is 4.73. The van der Waals surface area contributed by atoms with Gasteiger partial charge in [0.2, 0.25) is 17.6 Å². The van der Waals surface area contributed by atoms with Crippen LogP contribution in [0.5, 0.6) is 5.75 Å². The summed E-state index contributed by atoms with van der Waals surface area (Å²) in [5, 5.41) is 4.02. The third-order valence-corrected chi connectivity index (χ3v) is 4.26. The summed E-state index contributed by atoms with van der Waals surface area (Å²) in [7, 11) is 1.62. The molecule has 1 amide bonds. The van der Waals surface area contributed by atoms with Gasteiger partial charge in [-0.1, -0.05) is 47.6 Å². The molecule has 0 spiro atoms. The predicted molar refractivity (Wildman–Crippen MR) is 102 cm³/mol. The van der Waals surface area contributed by atoms with Gasteiger partial charge in [-0.3, -0.25) is 4.79 Å². The van der Waals surface area contributed by atoms with Crippen LogP contribution in [0.25, 0.3) is 11.4 Å². The van der Waals surface area contributed by atoms with Crippen molar-refractivity contribution in [3.63, 3.8) is 0 Å². The SMILES string of the molecule is COc1ccc(CC(=O)N(Cc2nc(-c3ccccc3)no2)C(C)C)cc1. The minimum Gasteiger partial charge on any atom is -0.497 e. The molecule has 6 nitrogen and oxygen atoms in total. The highest BCUT2D eigenvalue weighted by Gasteiger charge is 2.21.